The van der Waals surface area contributed by atoms with Crippen molar-refractivity contribution in [1.82, 2.24) is 10.3 Å². The molecule has 0 saturated heterocycles. The molecule has 0 unspecified atom stereocenters. The zero-order chi connectivity index (χ0) is 28.9. The van der Waals surface area contributed by atoms with Gasteiger partial charge in [0.2, 0.25) is 5.91 Å². The van der Waals surface area contributed by atoms with Crippen molar-refractivity contribution in [3.05, 3.63) is 138 Å². The third kappa shape index (κ3) is 5.96. The topological polar surface area (TPSA) is 63.2 Å². The number of amides is 1. The van der Waals surface area contributed by atoms with Gasteiger partial charge < -0.3 is 15.4 Å². The van der Waals surface area contributed by atoms with Crippen LogP contribution in [0.5, 0.6) is 5.75 Å². The molecule has 0 bridgehead atoms. The fourth-order valence-corrected chi connectivity index (χ4v) is 5.44. The number of methoxy groups -OCH3 is 1. The van der Waals surface area contributed by atoms with Crippen molar-refractivity contribution in [2.24, 2.45) is 0 Å². The first-order valence-electron chi connectivity index (χ1n) is 14.2. The van der Waals surface area contributed by atoms with Gasteiger partial charge in [-0.1, -0.05) is 84.9 Å². The lowest BCUT2D eigenvalue weighted by Crippen LogP contribution is -2.24. The Kier molecular flexibility index (Phi) is 7.82. The lowest BCUT2D eigenvalue weighted by Gasteiger charge is -2.16. The van der Waals surface area contributed by atoms with Crippen LogP contribution in [0.15, 0.2) is 116 Å². The van der Waals surface area contributed by atoms with Crippen LogP contribution in [-0.4, -0.2) is 18.0 Å². The summed E-state index contributed by atoms with van der Waals surface area (Å²) in [4.78, 5) is 17.2. The van der Waals surface area contributed by atoms with Crippen LogP contribution in [0, 0.1) is 6.92 Å². The number of benzene rings is 5. The number of fused-ring (bicyclic) bond motifs is 2. The zero-order valence-corrected chi connectivity index (χ0v) is 23.9. The Morgan fingerprint density at radius 1 is 0.738 bits per heavy atom. The van der Waals surface area contributed by atoms with E-state index in [2.05, 4.69) is 77.1 Å². The van der Waals surface area contributed by atoms with Crippen molar-refractivity contribution in [2.75, 3.05) is 12.4 Å². The summed E-state index contributed by atoms with van der Waals surface area (Å²) in [6.45, 7) is 3.20. The quantitative estimate of drug-likeness (QED) is 0.192. The summed E-state index contributed by atoms with van der Waals surface area (Å²) in [5, 5.41) is 11.3. The summed E-state index contributed by atoms with van der Waals surface area (Å²) < 4.78 is 5.65. The van der Waals surface area contributed by atoms with Crippen LogP contribution in [-0.2, 0) is 24.3 Å². The maximum absolute atomic E-state index is 12.7. The molecule has 0 aliphatic heterocycles. The van der Waals surface area contributed by atoms with Gasteiger partial charge in [0.25, 0.3) is 0 Å². The van der Waals surface area contributed by atoms with Gasteiger partial charge >= 0.3 is 0 Å². The Hall–Kier alpha value is -5.16. The van der Waals surface area contributed by atoms with E-state index in [4.69, 9.17) is 4.74 Å². The molecule has 6 rings (SSSR count). The number of carbonyl (C=O) groups excluding carboxylic acids is 1. The standard InChI is InChI=1S/C37H33N3O2/c1-25-21-38-24-34-33(25)19-31(32-12-5-6-13-36(32)42-2)20-35(34)39-22-27-8-7-9-28(16-27)23-40-37(41)18-26-14-15-29-10-3-4-11-30(29)17-26/h3-17,19-21,24,39H,18,22-23H2,1-2H3,(H,40,41). The summed E-state index contributed by atoms with van der Waals surface area (Å²) in [5.74, 6) is 0.848. The van der Waals surface area contributed by atoms with Gasteiger partial charge in [0.15, 0.2) is 0 Å². The Balaban J connectivity index is 1.16. The molecule has 0 saturated carbocycles. The number of carbonyl (C=O) groups is 1. The highest BCUT2D eigenvalue weighted by atomic mass is 16.5. The number of pyridine rings is 1. The van der Waals surface area contributed by atoms with Gasteiger partial charge in [0, 0.05) is 42.1 Å². The lowest BCUT2D eigenvalue weighted by atomic mass is 9.98. The van der Waals surface area contributed by atoms with Gasteiger partial charge in [-0.15, -0.1) is 0 Å². The maximum atomic E-state index is 12.7. The van der Waals surface area contributed by atoms with Crippen LogP contribution in [0.1, 0.15) is 22.3 Å². The van der Waals surface area contributed by atoms with Crippen molar-refractivity contribution in [3.63, 3.8) is 0 Å². The SMILES string of the molecule is COc1ccccc1-c1cc(NCc2cccc(CNC(=O)Cc3ccc4ccccc4c3)c2)c2cncc(C)c2c1. The summed E-state index contributed by atoms with van der Waals surface area (Å²) in [7, 11) is 1.70. The number of aromatic nitrogens is 1. The summed E-state index contributed by atoms with van der Waals surface area (Å²) in [6.07, 6.45) is 4.17. The second kappa shape index (κ2) is 12.1. The third-order valence-corrected chi connectivity index (χ3v) is 7.64. The van der Waals surface area contributed by atoms with Crippen LogP contribution >= 0.6 is 0 Å². The van der Waals surface area contributed by atoms with Crippen molar-refractivity contribution >= 4 is 33.1 Å². The van der Waals surface area contributed by atoms with Crippen LogP contribution in [0.2, 0.25) is 0 Å². The van der Waals surface area contributed by atoms with Gasteiger partial charge in [-0.25, -0.2) is 0 Å². The Morgan fingerprint density at radius 3 is 2.38 bits per heavy atom. The minimum Gasteiger partial charge on any atom is -0.496 e. The molecular weight excluding hydrogens is 518 g/mol. The van der Waals surface area contributed by atoms with E-state index in [0.29, 0.717) is 19.5 Å². The monoisotopic (exact) mass is 551 g/mol. The molecule has 2 N–H and O–H groups in total. The fourth-order valence-electron chi connectivity index (χ4n) is 5.44. The largest absolute Gasteiger partial charge is 0.496 e. The minimum absolute atomic E-state index is 0.0105. The number of nitrogens with one attached hydrogen (secondary N) is 2. The van der Waals surface area contributed by atoms with Crippen molar-refractivity contribution in [2.45, 2.75) is 26.4 Å². The predicted octanol–water partition coefficient (Wildman–Crippen LogP) is 7.84. The molecule has 0 aliphatic rings. The normalized spacial score (nSPS) is 11.0. The smallest absolute Gasteiger partial charge is 0.224 e. The first kappa shape index (κ1) is 27.0. The third-order valence-electron chi connectivity index (χ3n) is 7.64. The highest BCUT2D eigenvalue weighted by Crippen LogP contribution is 2.36. The number of rotatable bonds is 9. The van der Waals surface area contributed by atoms with Crippen LogP contribution in [0.4, 0.5) is 5.69 Å². The molecule has 5 aromatic carbocycles. The molecule has 6 aromatic rings. The molecule has 0 spiro atoms. The molecule has 5 heteroatoms. The summed E-state index contributed by atoms with van der Waals surface area (Å²) in [6, 6.07) is 35.2. The molecule has 0 atom stereocenters. The number of hydrogen-bond acceptors (Lipinski definition) is 4. The molecule has 42 heavy (non-hydrogen) atoms. The van der Waals surface area contributed by atoms with E-state index >= 15 is 0 Å². The zero-order valence-electron chi connectivity index (χ0n) is 23.9. The number of ether oxygens (including phenoxy) is 1. The lowest BCUT2D eigenvalue weighted by molar-refractivity contribution is -0.120. The van der Waals surface area contributed by atoms with E-state index < -0.39 is 0 Å². The molecule has 208 valence electrons. The Morgan fingerprint density at radius 2 is 1.52 bits per heavy atom. The van der Waals surface area contributed by atoms with E-state index in [9.17, 15) is 4.79 Å². The Labute approximate surface area is 246 Å². The Bertz CT molecular complexity index is 1900. The number of hydrogen-bond donors (Lipinski definition) is 2. The molecule has 0 radical (unpaired) electrons. The number of nitrogens with zero attached hydrogens (tertiary/aromatic N) is 1. The number of anilines is 1. The van der Waals surface area contributed by atoms with Crippen LogP contribution in [0.25, 0.3) is 32.7 Å². The van der Waals surface area contributed by atoms with Gasteiger partial charge in [0.1, 0.15) is 5.75 Å². The molecule has 0 aliphatic carbocycles. The van der Waals surface area contributed by atoms with Crippen molar-refractivity contribution in [3.8, 4) is 16.9 Å². The average Bonchev–Trinajstić information content (AvgIpc) is 3.03. The second-order valence-corrected chi connectivity index (χ2v) is 10.6. The summed E-state index contributed by atoms with van der Waals surface area (Å²) in [5.41, 5.74) is 7.46. The predicted molar refractivity (Wildman–Crippen MR) is 172 cm³/mol. The average molecular weight is 552 g/mol. The number of aryl methyl sites for hydroxylation is 1. The minimum atomic E-state index is 0.0105. The fraction of sp³-hybridized carbons (Fsp3) is 0.135. The molecular formula is C37H33N3O2. The summed E-state index contributed by atoms with van der Waals surface area (Å²) >= 11 is 0. The van der Waals surface area contributed by atoms with Crippen LogP contribution in [0.3, 0.4) is 0 Å². The highest BCUT2D eigenvalue weighted by molar-refractivity contribution is 5.99. The first-order chi connectivity index (χ1) is 20.6. The molecule has 1 heterocycles. The van der Waals surface area contributed by atoms with E-state index in [1.165, 1.54) is 5.39 Å². The second-order valence-electron chi connectivity index (χ2n) is 10.6. The van der Waals surface area contributed by atoms with E-state index in [-0.39, 0.29) is 5.91 Å². The highest BCUT2D eigenvalue weighted by Gasteiger charge is 2.12. The maximum Gasteiger partial charge on any atom is 0.224 e. The molecule has 1 aromatic heterocycles. The van der Waals surface area contributed by atoms with Gasteiger partial charge in [-0.2, -0.15) is 0 Å². The van der Waals surface area contributed by atoms with Gasteiger partial charge in [-0.3, -0.25) is 9.78 Å². The van der Waals surface area contributed by atoms with Crippen molar-refractivity contribution < 1.29 is 9.53 Å². The van der Waals surface area contributed by atoms with Gasteiger partial charge in [-0.05, 0) is 69.1 Å². The van der Waals surface area contributed by atoms with E-state index in [1.807, 2.05) is 60.9 Å². The first-order valence-corrected chi connectivity index (χ1v) is 14.2. The van der Waals surface area contributed by atoms with Crippen molar-refractivity contribution in [1.29, 1.82) is 0 Å². The van der Waals surface area contributed by atoms with Gasteiger partial charge in [0.05, 0.1) is 13.5 Å². The molecule has 5 nitrogen and oxygen atoms in total. The number of para-hydroxylation sites is 1. The van der Waals surface area contributed by atoms with E-state index in [0.717, 1.165) is 61.0 Å². The molecule has 0 fully saturated rings. The molecule has 1 amide bonds. The van der Waals surface area contributed by atoms with Crippen LogP contribution < -0.4 is 15.4 Å². The van der Waals surface area contributed by atoms with E-state index in [1.54, 1.807) is 7.11 Å².